The van der Waals surface area contributed by atoms with E-state index in [1.54, 1.807) is 11.8 Å². The fraction of sp³-hybridized carbons (Fsp3) is 0.111. The fourth-order valence-electron chi connectivity index (χ4n) is 3.78. The first-order valence-electron chi connectivity index (χ1n) is 10.7. The predicted molar refractivity (Wildman–Crippen MR) is 139 cm³/mol. The van der Waals surface area contributed by atoms with Crippen molar-refractivity contribution < 1.29 is 0 Å². The molecule has 0 N–H and O–H groups in total. The third-order valence-electron chi connectivity index (χ3n) is 5.18. The standard InChI is InChI=1S/C27H21Cl2N3S/c1-17(2)30-24-15-26-23(16-27(24)33-21-13-9-19(29)10-14-21)31-22-5-3-4-6-25(22)32(26)20-11-7-18(28)8-12-20/h3-17H,1-2H3. The van der Waals surface area contributed by atoms with Gasteiger partial charge in [-0.25, -0.2) is 4.98 Å². The Hall–Kier alpha value is -2.79. The molecule has 0 saturated carbocycles. The van der Waals surface area contributed by atoms with E-state index in [0.29, 0.717) is 5.02 Å². The fourth-order valence-corrected chi connectivity index (χ4v) is 4.95. The number of para-hydroxylation sites is 2. The van der Waals surface area contributed by atoms with Crippen LogP contribution in [0, 0.1) is 0 Å². The Morgan fingerprint density at radius 3 is 2.21 bits per heavy atom. The van der Waals surface area contributed by atoms with Gasteiger partial charge in [0.15, 0.2) is 0 Å². The van der Waals surface area contributed by atoms with E-state index in [1.807, 2.05) is 66.7 Å². The van der Waals surface area contributed by atoms with Gasteiger partial charge in [-0.3, -0.25) is 4.99 Å². The van der Waals surface area contributed by atoms with Crippen LogP contribution in [0.1, 0.15) is 13.8 Å². The zero-order chi connectivity index (χ0) is 22.9. The highest BCUT2D eigenvalue weighted by molar-refractivity contribution is 7.99. The lowest BCUT2D eigenvalue weighted by Gasteiger charge is -2.20. The van der Waals surface area contributed by atoms with Crippen LogP contribution < -0.4 is 5.36 Å². The molecule has 1 aliphatic heterocycles. The molecule has 0 radical (unpaired) electrons. The number of hydrogen-bond donors (Lipinski definition) is 0. The summed E-state index contributed by atoms with van der Waals surface area (Å²) in [4.78, 5) is 12.1. The molecule has 1 aliphatic carbocycles. The Labute approximate surface area is 207 Å². The molecule has 33 heavy (non-hydrogen) atoms. The normalized spacial score (nSPS) is 12.2. The van der Waals surface area contributed by atoms with Crippen molar-refractivity contribution in [2.45, 2.75) is 29.7 Å². The molecular formula is C27H21Cl2N3S. The number of aromatic nitrogens is 2. The molecule has 2 aliphatic rings. The van der Waals surface area contributed by atoms with Crippen molar-refractivity contribution in [2.75, 3.05) is 0 Å². The van der Waals surface area contributed by atoms with Crippen molar-refractivity contribution in [1.29, 1.82) is 0 Å². The van der Waals surface area contributed by atoms with Gasteiger partial charge < -0.3 is 4.57 Å². The van der Waals surface area contributed by atoms with E-state index in [-0.39, 0.29) is 6.04 Å². The smallest absolute Gasteiger partial charge is 0.0891 e. The Balaban J connectivity index is 1.80. The Kier molecular flexibility index (Phi) is 6.15. The number of halogens is 2. The second-order valence-electron chi connectivity index (χ2n) is 8.00. The van der Waals surface area contributed by atoms with Crippen LogP contribution in [-0.2, 0) is 0 Å². The van der Waals surface area contributed by atoms with Crippen LogP contribution in [0.4, 0.5) is 0 Å². The highest BCUT2D eigenvalue weighted by Crippen LogP contribution is 2.33. The summed E-state index contributed by atoms with van der Waals surface area (Å²) < 4.78 is 2.23. The second kappa shape index (κ2) is 9.22. The second-order valence-corrected chi connectivity index (χ2v) is 9.99. The van der Waals surface area contributed by atoms with Crippen molar-refractivity contribution in [3.63, 3.8) is 0 Å². The van der Waals surface area contributed by atoms with Crippen molar-refractivity contribution in [3.05, 3.63) is 100 Å². The topological polar surface area (TPSA) is 30.2 Å². The molecule has 0 fully saturated rings. The Bertz CT molecular complexity index is 1470. The summed E-state index contributed by atoms with van der Waals surface area (Å²) in [5.41, 5.74) is 4.88. The molecule has 0 bridgehead atoms. The van der Waals surface area contributed by atoms with Gasteiger partial charge in [-0.15, -0.1) is 0 Å². The van der Waals surface area contributed by atoms with Gasteiger partial charge in [0.05, 0.1) is 27.8 Å². The lowest BCUT2D eigenvalue weighted by molar-refractivity contribution is 0.796. The first kappa shape index (κ1) is 22.0. The predicted octanol–water partition coefficient (Wildman–Crippen LogP) is 7.90. The minimum Gasteiger partial charge on any atom is -0.306 e. The molecule has 164 valence electrons. The maximum absolute atomic E-state index is 6.18. The van der Waals surface area contributed by atoms with Gasteiger partial charge in [0.2, 0.25) is 0 Å². The van der Waals surface area contributed by atoms with Gasteiger partial charge in [-0.2, -0.15) is 0 Å². The first-order chi connectivity index (χ1) is 16.0. The lowest BCUT2D eigenvalue weighted by atomic mass is 10.1. The molecule has 0 saturated heterocycles. The Morgan fingerprint density at radius 2 is 1.52 bits per heavy atom. The maximum atomic E-state index is 6.18. The van der Waals surface area contributed by atoms with E-state index >= 15 is 0 Å². The minimum atomic E-state index is 0.157. The van der Waals surface area contributed by atoms with Gasteiger partial charge in [0.25, 0.3) is 0 Å². The number of rotatable bonds is 4. The van der Waals surface area contributed by atoms with Crippen LogP contribution >= 0.6 is 35.0 Å². The van der Waals surface area contributed by atoms with Crippen molar-refractivity contribution in [2.24, 2.45) is 4.99 Å². The third kappa shape index (κ3) is 4.65. The van der Waals surface area contributed by atoms with E-state index in [2.05, 4.69) is 36.6 Å². The van der Waals surface area contributed by atoms with Crippen LogP contribution in [0.5, 0.6) is 0 Å². The molecule has 3 aromatic carbocycles. The third-order valence-corrected chi connectivity index (χ3v) is 6.74. The highest BCUT2D eigenvalue weighted by Gasteiger charge is 2.17. The van der Waals surface area contributed by atoms with Gasteiger partial charge in [0.1, 0.15) is 0 Å². The number of nitrogens with zero attached hydrogens (tertiary/aromatic N) is 3. The summed E-state index contributed by atoms with van der Waals surface area (Å²) in [7, 11) is 0. The van der Waals surface area contributed by atoms with Crippen LogP contribution in [0.3, 0.4) is 0 Å². The SMILES string of the molecule is CC(C)N=c1cc2n(-c3ccc(Cl)cc3)c3ccccc3nc-2cc1Sc1ccc(Cl)cc1. The monoisotopic (exact) mass is 489 g/mol. The van der Waals surface area contributed by atoms with Crippen LogP contribution in [0.25, 0.3) is 28.1 Å². The van der Waals surface area contributed by atoms with Crippen LogP contribution in [-0.4, -0.2) is 15.6 Å². The summed E-state index contributed by atoms with van der Waals surface area (Å²) in [6.07, 6.45) is 0. The summed E-state index contributed by atoms with van der Waals surface area (Å²) in [5.74, 6) is 0. The number of fused-ring (bicyclic) bond motifs is 2. The number of benzene rings is 4. The average Bonchev–Trinajstić information content (AvgIpc) is 2.80. The molecular weight excluding hydrogens is 469 g/mol. The molecule has 3 nitrogen and oxygen atoms in total. The largest absolute Gasteiger partial charge is 0.306 e. The van der Waals surface area contributed by atoms with Gasteiger partial charge in [-0.1, -0.05) is 47.1 Å². The van der Waals surface area contributed by atoms with Gasteiger partial charge >= 0.3 is 0 Å². The molecule has 1 heterocycles. The molecule has 0 unspecified atom stereocenters. The summed E-state index contributed by atoms with van der Waals surface area (Å²) in [6, 6.07) is 28.4. The molecule has 6 heteroatoms. The zero-order valence-corrected chi connectivity index (χ0v) is 20.5. The zero-order valence-electron chi connectivity index (χ0n) is 18.2. The van der Waals surface area contributed by atoms with Crippen molar-refractivity contribution >= 4 is 46.0 Å². The van der Waals surface area contributed by atoms with E-state index in [1.165, 1.54) is 0 Å². The molecule has 0 spiro atoms. The van der Waals surface area contributed by atoms with E-state index in [9.17, 15) is 0 Å². The lowest BCUT2D eigenvalue weighted by Crippen LogP contribution is -2.15. The van der Waals surface area contributed by atoms with Crippen LogP contribution in [0.15, 0.2) is 99.7 Å². The van der Waals surface area contributed by atoms with Gasteiger partial charge in [0, 0.05) is 31.6 Å². The summed E-state index contributed by atoms with van der Waals surface area (Å²) >= 11 is 13.9. The molecule has 0 amide bonds. The quantitative estimate of drug-likeness (QED) is 0.240. The van der Waals surface area contributed by atoms with Crippen molar-refractivity contribution in [3.8, 4) is 17.1 Å². The maximum Gasteiger partial charge on any atom is 0.0891 e. The summed E-state index contributed by atoms with van der Waals surface area (Å²) in [6.45, 7) is 4.18. The first-order valence-corrected chi connectivity index (χ1v) is 12.2. The average molecular weight is 490 g/mol. The summed E-state index contributed by atoms with van der Waals surface area (Å²) in [5, 5.41) is 2.37. The number of hydrogen-bond acceptors (Lipinski definition) is 3. The molecule has 3 aromatic rings. The van der Waals surface area contributed by atoms with E-state index in [4.69, 9.17) is 33.2 Å². The molecule has 0 aromatic heterocycles. The van der Waals surface area contributed by atoms with Gasteiger partial charge in [-0.05, 0) is 86.6 Å². The minimum absolute atomic E-state index is 0.157. The highest BCUT2D eigenvalue weighted by atomic mass is 35.5. The van der Waals surface area contributed by atoms with E-state index in [0.717, 1.165) is 48.3 Å². The van der Waals surface area contributed by atoms with Crippen LogP contribution in [0.2, 0.25) is 10.0 Å². The molecule has 5 rings (SSSR count). The van der Waals surface area contributed by atoms with E-state index < -0.39 is 0 Å². The molecule has 0 atom stereocenters. The Morgan fingerprint density at radius 1 is 0.848 bits per heavy atom. The van der Waals surface area contributed by atoms with Crippen molar-refractivity contribution in [1.82, 2.24) is 9.55 Å².